The molecule has 0 spiro atoms. The second kappa shape index (κ2) is 10.6. The summed E-state index contributed by atoms with van der Waals surface area (Å²) in [5.41, 5.74) is 3.23. The van der Waals surface area contributed by atoms with E-state index in [-0.39, 0.29) is 23.0 Å². The number of piperidine rings is 3. The number of quaternary nitrogens is 1. The van der Waals surface area contributed by atoms with Crippen LogP contribution < -0.4 is 21.7 Å². The molecule has 8 rings (SSSR count). The number of halogens is 1. The molecule has 1 N–H and O–H groups in total. The van der Waals surface area contributed by atoms with E-state index in [1.807, 2.05) is 30.5 Å². The maximum absolute atomic E-state index is 12.2. The summed E-state index contributed by atoms with van der Waals surface area (Å²) in [4.78, 5) is 4.59. The Kier molecular flexibility index (Phi) is 7.16. The molecule has 1 unspecified atom stereocenters. The average Bonchev–Trinajstić information content (AvgIpc) is 3.00. The summed E-state index contributed by atoms with van der Waals surface area (Å²) in [5.74, 6) is 1.82. The highest BCUT2D eigenvalue weighted by atomic mass is 79.9. The molecule has 3 aliphatic heterocycles. The van der Waals surface area contributed by atoms with Crippen molar-refractivity contribution in [1.29, 1.82) is 0 Å². The van der Waals surface area contributed by atoms with Crippen molar-refractivity contribution >= 4 is 32.4 Å². The van der Waals surface area contributed by atoms with Crippen LogP contribution in [0.15, 0.2) is 97.7 Å². The van der Waals surface area contributed by atoms with Crippen molar-refractivity contribution in [1.82, 2.24) is 4.98 Å². The number of aliphatic hydroxyl groups excluding tert-OH is 1. The van der Waals surface area contributed by atoms with Crippen molar-refractivity contribution in [3.63, 3.8) is 0 Å². The minimum absolute atomic E-state index is 0. The van der Waals surface area contributed by atoms with Gasteiger partial charge in [0.2, 0.25) is 0 Å². The Morgan fingerprint density at radius 2 is 1.73 bits per heavy atom. The summed E-state index contributed by atoms with van der Waals surface area (Å²) < 4.78 is 6.41. The van der Waals surface area contributed by atoms with E-state index in [1.54, 1.807) is 7.11 Å². The highest BCUT2D eigenvalue weighted by Crippen LogP contribution is 2.49. The van der Waals surface area contributed by atoms with Crippen LogP contribution in [0, 0.1) is 11.8 Å². The summed E-state index contributed by atoms with van der Waals surface area (Å²) in [6.07, 6.45) is 5.58. The first kappa shape index (κ1) is 26.9. The SMILES string of the molecule is C=C[C@H]1C[N+]2(Cc3c4ccccc4cc4ccccc34)CC[C@H]1C[C@H]2[C@H](O)c1ccnc2ccc(OC)cc12.[Br-]. The number of fused-ring (bicyclic) bond motifs is 6. The largest absolute Gasteiger partial charge is 1.00 e. The molecule has 4 aromatic carbocycles. The number of pyridine rings is 1. The minimum atomic E-state index is -0.600. The van der Waals surface area contributed by atoms with Gasteiger partial charge in [0.15, 0.2) is 0 Å². The van der Waals surface area contributed by atoms with Crippen LogP contribution in [0.3, 0.4) is 0 Å². The molecule has 40 heavy (non-hydrogen) atoms. The predicted octanol–water partition coefficient (Wildman–Crippen LogP) is 4.20. The molecule has 4 nitrogen and oxygen atoms in total. The molecule has 0 radical (unpaired) electrons. The van der Waals surface area contributed by atoms with E-state index in [1.165, 1.54) is 33.5 Å². The fourth-order valence-corrected chi connectivity index (χ4v) is 7.71. The Labute approximate surface area is 246 Å². The van der Waals surface area contributed by atoms with Crippen molar-refractivity contribution in [2.45, 2.75) is 31.5 Å². The standard InChI is InChI=1S/C35H35N2O2.BrH/c1-3-23-21-37(22-32-28-10-6-4-8-25(28)18-26-9-5-7-11-29(26)32)17-15-24(23)19-34(37)35(38)30-14-16-36-33-13-12-27(39-2)20-31(30)33;/h3-14,16,18,20,23-24,34-35,38H,1,15,17,19,21-22H2,2H3;1H/q+1;/p-1/t23-,24-,34-,35+,37?;/m0./s1. The monoisotopic (exact) mass is 594 g/mol. The lowest BCUT2D eigenvalue weighted by Gasteiger charge is -2.58. The Hall–Kier alpha value is -3.25. The van der Waals surface area contributed by atoms with Crippen LogP contribution in [0.4, 0.5) is 0 Å². The topological polar surface area (TPSA) is 42.4 Å². The fourth-order valence-electron chi connectivity index (χ4n) is 7.71. The van der Waals surface area contributed by atoms with E-state index in [4.69, 9.17) is 4.74 Å². The molecule has 204 valence electrons. The van der Waals surface area contributed by atoms with E-state index < -0.39 is 6.10 Å². The maximum Gasteiger partial charge on any atom is 0.131 e. The summed E-state index contributed by atoms with van der Waals surface area (Å²) in [6.45, 7) is 7.21. The van der Waals surface area contributed by atoms with Crippen LogP contribution in [0.2, 0.25) is 0 Å². The van der Waals surface area contributed by atoms with Crippen LogP contribution in [0.25, 0.3) is 32.4 Å². The van der Waals surface area contributed by atoms with Crippen LogP contribution in [-0.4, -0.2) is 40.8 Å². The third-order valence-electron chi connectivity index (χ3n) is 9.70. The molecule has 5 heteroatoms. The third kappa shape index (κ3) is 4.32. The number of ether oxygens (including phenoxy) is 1. The highest BCUT2D eigenvalue weighted by molar-refractivity contribution is 6.02. The fraction of sp³-hybridized carbons (Fsp3) is 0.286. The molecule has 1 aromatic heterocycles. The molecule has 5 aromatic rings. The average molecular weight is 596 g/mol. The van der Waals surface area contributed by atoms with E-state index in [9.17, 15) is 5.11 Å². The van der Waals surface area contributed by atoms with Crippen molar-refractivity contribution in [2.24, 2.45) is 11.8 Å². The lowest BCUT2D eigenvalue weighted by Crippen LogP contribution is -3.00. The van der Waals surface area contributed by atoms with Crippen molar-refractivity contribution in [3.05, 3.63) is 109 Å². The van der Waals surface area contributed by atoms with Gasteiger partial charge >= 0.3 is 0 Å². The first-order valence-electron chi connectivity index (χ1n) is 14.1. The normalized spacial score (nSPS) is 24.6. The number of aliphatic hydroxyl groups is 1. The summed E-state index contributed by atoms with van der Waals surface area (Å²) in [7, 11) is 1.68. The van der Waals surface area contributed by atoms with Crippen LogP contribution in [0.5, 0.6) is 5.75 Å². The Morgan fingerprint density at radius 1 is 1.00 bits per heavy atom. The molecule has 4 heterocycles. The molecular weight excluding hydrogens is 560 g/mol. The third-order valence-corrected chi connectivity index (χ3v) is 9.70. The van der Waals surface area contributed by atoms with Gasteiger partial charge in [-0.25, -0.2) is 0 Å². The summed E-state index contributed by atoms with van der Waals surface area (Å²) >= 11 is 0. The Balaban J connectivity index is 0.00000289. The molecule has 5 atom stereocenters. The van der Waals surface area contributed by atoms with Crippen molar-refractivity contribution < 1.29 is 31.3 Å². The number of aromatic nitrogens is 1. The predicted molar refractivity (Wildman–Crippen MR) is 159 cm³/mol. The smallest absolute Gasteiger partial charge is 0.131 e. The van der Waals surface area contributed by atoms with Crippen LogP contribution >= 0.6 is 0 Å². The van der Waals surface area contributed by atoms with Gasteiger partial charge in [-0.1, -0.05) is 54.6 Å². The summed E-state index contributed by atoms with van der Waals surface area (Å²) in [6, 6.07) is 27.9. The highest BCUT2D eigenvalue weighted by Gasteiger charge is 2.54. The molecule has 3 saturated heterocycles. The second-order valence-electron chi connectivity index (χ2n) is 11.6. The number of hydrogen-bond donors (Lipinski definition) is 1. The van der Waals surface area contributed by atoms with E-state index >= 15 is 0 Å². The number of methoxy groups -OCH3 is 1. The van der Waals surface area contributed by atoms with Gasteiger partial charge in [-0.2, -0.15) is 0 Å². The second-order valence-corrected chi connectivity index (χ2v) is 11.6. The van der Waals surface area contributed by atoms with Gasteiger partial charge in [0.25, 0.3) is 0 Å². The van der Waals surface area contributed by atoms with Gasteiger partial charge in [-0.3, -0.25) is 4.98 Å². The van der Waals surface area contributed by atoms with Crippen LogP contribution in [0.1, 0.15) is 30.1 Å². The van der Waals surface area contributed by atoms with Gasteiger partial charge in [0.1, 0.15) is 24.4 Å². The molecule has 2 bridgehead atoms. The zero-order chi connectivity index (χ0) is 26.6. The van der Waals surface area contributed by atoms with Gasteiger partial charge in [-0.15, -0.1) is 6.58 Å². The maximum atomic E-state index is 12.2. The first-order valence-corrected chi connectivity index (χ1v) is 14.1. The number of benzene rings is 4. The molecule has 0 amide bonds. The van der Waals surface area contributed by atoms with E-state index in [0.29, 0.717) is 11.8 Å². The van der Waals surface area contributed by atoms with Gasteiger partial charge < -0.3 is 31.3 Å². The quantitative estimate of drug-likeness (QED) is 0.182. The van der Waals surface area contributed by atoms with Crippen molar-refractivity contribution in [2.75, 3.05) is 20.2 Å². The molecular formula is C35H35BrN2O2. The Morgan fingerprint density at radius 3 is 2.42 bits per heavy atom. The molecule has 0 aliphatic carbocycles. The first-order chi connectivity index (χ1) is 19.1. The van der Waals surface area contributed by atoms with Crippen molar-refractivity contribution in [3.8, 4) is 5.75 Å². The number of hydrogen-bond acceptors (Lipinski definition) is 3. The lowest BCUT2D eigenvalue weighted by molar-refractivity contribution is -0.984. The van der Waals surface area contributed by atoms with Gasteiger partial charge in [-0.05, 0) is 63.4 Å². The van der Waals surface area contributed by atoms with E-state index in [2.05, 4.69) is 72.2 Å². The Bertz CT molecular complexity index is 1660. The minimum Gasteiger partial charge on any atom is -1.00 e. The van der Waals surface area contributed by atoms with Crippen LogP contribution in [-0.2, 0) is 6.54 Å². The lowest BCUT2D eigenvalue weighted by atomic mass is 9.71. The number of nitrogens with zero attached hydrogens (tertiary/aromatic N) is 2. The number of rotatable bonds is 6. The molecule has 3 fully saturated rings. The molecule has 3 aliphatic rings. The molecule has 0 saturated carbocycles. The summed E-state index contributed by atoms with van der Waals surface area (Å²) in [5, 5.41) is 18.4. The van der Waals surface area contributed by atoms with Gasteiger partial charge in [0, 0.05) is 35.9 Å². The zero-order valence-electron chi connectivity index (χ0n) is 22.8. The van der Waals surface area contributed by atoms with E-state index in [0.717, 1.165) is 52.8 Å². The van der Waals surface area contributed by atoms with Gasteiger partial charge in [0.05, 0.1) is 25.7 Å². The zero-order valence-corrected chi connectivity index (χ0v) is 24.4.